The average Bonchev–Trinajstić information content (AvgIpc) is 2.07. The van der Waals surface area contributed by atoms with Gasteiger partial charge in [-0.3, -0.25) is 0 Å². The number of nitrogens with zero attached hydrogens (tertiary/aromatic N) is 2. The van der Waals surface area contributed by atoms with Crippen LogP contribution in [-0.4, -0.2) is 24.6 Å². The summed E-state index contributed by atoms with van der Waals surface area (Å²) in [5, 5.41) is -0.738. The van der Waals surface area contributed by atoms with Crippen molar-refractivity contribution < 1.29 is 8.42 Å². The second kappa shape index (κ2) is 3.82. The van der Waals surface area contributed by atoms with Crippen molar-refractivity contribution in [3.05, 3.63) is 16.5 Å². The molecule has 1 aromatic rings. The van der Waals surface area contributed by atoms with Crippen LogP contribution in [0.15, 0.2) is 10.7 Å². The summed E-state index contributed by atoms with van der Waals surface area (Å²) in [4.78, 5) is 7.77. The van der Waals surface area contributed by atoms with Gasteiger partial charge in [0.05, 0.1) is 4.47 Å². The summed E-state index contributed by atoms with van der Waals surface area (Å²) in [5.74, 6) is 0.457. The molecule has 0 spiro atoms. The molecule has 0 aliphatic carbocycles. The van der Waals surface area contributed by atoms with Crippen molar-refractivity contribution in [2.45, 2.75) is 12.2 Å². The largest absolute Gasteiger partial charge is 0.383 e. The van der Waals surface area contributed by atoms with Crippen LogP contribution in [-0.2, 0) is 9.84 Å². The van der Waals surface area contributed by atoms with Crippen LogP contribution in [0.3, 0.4) is 0 Å². The molecule has 0 radical (unpaired) electrons. The maximum Gasteiger partial charge on any atom is 0.157 e. The normalized spacial score (nSPS) is 13.9. The van der Waals surface area contributed by atoms with Crippen LogP contribution in [0.25, 0.3) is 0 Å². The second-order valence-corrected chi connectivity index (χ2v) is 6.15. The standard InChI is InChI=1S/C7H10BrN3O2S/c1-4(14(2,12)13)7-10-3-5(8)6(9)11-7/h3-4H,1-2H3,(H2,9,10,11). The highest BCUT2D eigenvalue weighted by atomic mass is 79.9. The van der Waals surface area contributed by atoms with Crippen LogP contribution in [0, 0.1) is 0 Å². The van der Waals surface area contributed by atoms with Crippen molar-refractivity contribution in [1.82, 2.24) is 9.97 Å². The van der Waals surface area contributed by atoms with E-state index in [2.05, 4.69) is 25.9 Å². The fraction of sp³-hybridized carbons (Fsp3) is 0.429. The molecule has 0 saturated carbocycles. The third-order valence-electron chi connectivity index (χ3n) is 1.80. The van der Waals surface area contributed by atoms with E-state index in [4.69, 9.17) is 5.73 Å². The van der Waals surface area contributed by atoms with Crippen molar-refractivity contribution in [2.24, 2.45) is 0 Å². The fourth-order valence-electron chi connectivity index (χ4n) is 0.782. The summed E-state index contributed by atoms with van der Waals surface area (Å²) in [5.41, 5.74) is 5.51. The minimum atomic E-state index is -3.18. The van der Waals surface area contributed by atoms with E-state index in [0.717, 1.165) is 6.26 Å². The molecule has 1 aromatic heterocycles. The second-order valence-electron chi connectivity index (χ2n) is 2.93. The summed E-state index contributed by atoms with van der Waals surface area (Å²) in [7, 11) is -3.18. The molecule has 1 heterocycles. The van der Waals surface area contributed by atoms with E-state index in [0.29, 0.717) is 4.47 Å². The molecule has 1 atom stereocenters. The maximum atomic E-state index is 11.2. The molecule has 0 saturated heterocycles. The Morgan fingerprint density at radius 3 is 2.57 bits per heavy atom. The monoisotopic (exact) mass is 279 g/mol. The number of nitrogen functional groups attached to an aromatic ring is 1. The predicted octanol–water partition coefficient (Wildman–Crippen LogP) is 0.927. The molecule has 14 heavy (non-hydrogen) atoms. The third kappa shape index (κ3) is 2.42. The molecule has 1 rings (SSSR count). The van der Waals surface area contributed by atoms with Crippen LogP contribution in [0.5, 0.6) is 0 Å². The molecule has 78 valence electrons. The van der Waals surface area contributed by atoms with Gasteiger partial charge in [-0.25, -0.2) is 18.4 Å². The lowest BCUT2D eigenvalue weighted by molar-refractivity contribution is 0.589. The van der Waals surface area contributed by atoms with Crippen molar-refractivity contribution in [3.8, 4) is 0 Å². The Balaban J connectivity index is 3.16. The highest BCUT2D eigenvalue weighted by Crippen LogP contribution is 2.21. The first-order chi connectivity index (χ1) is 6.32. The van der Waals surface area contributed by atoms with E-state index < -0.39 is 15.1 Å². The number of sulfone groups is 1. The Morgan fingerprint density at radius 2 is 2.14 bits per heavy atom. The van der Waals surface area contributed by atoms with Gasteiger partial charge in [0.2, 0.25) is 0 Å². The van der Waals surface area contributed by atoms with Crippen LogP contribution < -0.4 is 5.73 Å². The van der Waals surface area contributed by atoms with E-state index in [-0.39, 0.29) is 11.6 Å². The molecular formula is C7H10BrN3O2S. The van der Waals surface area contributed by atoms with Gasteiger partial charge < -0.3 is 5.73 Å². The molecule has 0 aromatic carbocycles. The van der Waals surface area contributed by atoms with Crippen LogP contribution >= 0.6 is 15.9 Å². The third-order valence-corrected chi connectivity index (χ3v) is 3.90. The lowest BCUT2D eigenvalue weighted by Crippen LogP contribution is -2.12. The summed E-state index contributed by atoms with van der Waals surface area (Å²) in [6, 6.07) is 0. The SMILES string of the molecule is CC(c1ncc(Br)c(N)n1)S(C)(=O)=O. The average molecular weight is 280 g/mol. The number of aromatic nitrogens is 2. The highest BCUT2D eigenvalue weighted by Gasteiger charge is 2.20. The van der Waals surface area contributed by atoms with Gasteiger partial charge in [-0.2, -0.15) is 0 Å². The predicted molar refractivity (Wildman–Crippen MR) is 57.4 cm³/mol. The first kappa shape index (κ1) is 11.4. The van der Waals surface area contributed by atoms with E-state index in [1.54, 1.807) is 0 Å². The molecule has 2 N–H and O–H groups in total. The quantitative estimate of drug-likeness (QED) is 0.870. The summed E-state index contributed by atoms with van der Waals surface area (Å²) in [6.45, 7) is 1.53. The van der Waals surface area contributed by atoms with Crippen molar-refractivity contribution in [3.63, 3.8) is 0 Å². The molecule has 0 aliphatic rings. The van der Waals surface area contributed by atoms with Gasteiger partial charge in [-0.05, 0) is 22.9 Å². The molecule has 7 heteroatoms. The minimum absolute atomic E-state index is 0.216. The van der Waals surface area contributed by atoms with Crippen LogP contribution in [0.2, 0.25) is 0 Å². The highest BCUT2D eigenvalue weighted by molar-refractivity contribution is 9.10. The lowest BCUT2D eigenvalue weighted by atomic mass is 10.4. The number of halogens is 1. The molecule has 1 unspecified atom stereocenters. The number of hydrogen-bond donors (Lipinski definition) is 1. The van der Waals surface area contributed by atoms with Gasteiger partial charge >= 0.3 is 0 Å². The smallest absolute Gasteiger partial charge is 0.157 e. The zero-order valence-electron chi connectivity index (χ0n) is 7.73. The number of rotatable bonds is 2. The lowest BCUT2D eigenvalue weighted by Gasteiger charge is -2.08. The van der Waals surface area contributed by atoms with E-state index in [1.807, 2.05) is 0 Å². The number of anilines is 1. The van der Waals surface area contributed by atoms with Gasteiger partial charge in [0, 0.05) is 12.5 Å². The molecular weight excluding hydrogens is 270 g/mol. The van der Waals surface area contributed by atoms with Crippen LogP contribution in [0.1, 0.15) is 18.0 Å². The Morgan fingerprint density at radius 1 is 1.57 bits per heavy atom. The molecule has 0 fully saturated rings. The van der Waals surface area contributed by atoms with Gasteiger partial charge in [0.1, 0.15) is 16.9 Å². The van der Waals surface area contributed by atoms with Gasteiger partial charge in [0.15, 0.2) is 9.84 Å². The summed E-state index contributed by atoms with van der Waals surface area (Å²) >= 11 is 3.13. The topological polar surface area (TPSA) is 85.9 Å². The minimum Gasteiger partial charge on any atom is -0.383 e. The zero-order valence-corrected chi connectivity index (χ0v) is 10.1. The van der Waals surface area contributed by atoms with E-state index in [1.165, 1.54) is 13.1 Å². The van der Waals surface area contributed by atoms with E-state index >= 15 is 0 Å². The van der Waals surface area contributed by atoms with Crippen LogP contribution in [0.4, 0.5) is 5.82 Å². The van der Waals surface area contributed by atoms with Crippen molar-refractivity contribution in [2.75, 3.05) is 12.0 Å². The first-order valence-corrected chi connectivity index (χ1v) is 6.54. The zero-order chi connectivity index (χ0) is 10.9. The Kier molecular flexibility index (Phi) is 3.10. The maximum absolute atomic E-state index is 11.2. The first-order valence-electron chi connectivity index (χ1n) is 3.79. The van der Waals surface area contributed by atoms with Gasteiger partial charge in [-0.1, -0.05) is 0 Å². The molecule has 0 bridgehead atoms. The van der Waals surface area contributed by atoms with Crippen molar-refractivity contribution >= 4 is 31.6 Å². The van der Waals surface area contributed by atoms with Gasteiger partial charge in [0.25, 0.3) is 0 Å². The van der Waals surface area contributed by atoms with E-state index in [9.17, 15) is 8.42 Å². The van der Waals surface area contributed by atoms with Crippen molar-refractivity contribution in [1.29, 1.82) is 0 Å². The fourth-order valence-corrected chi connectivity index (χ4v) is 1.47. The van der Waals surface area contributed by atoms with Gasteiger partial charge in [-0.15, -0.1) is 0 Å². The Bertz CT molecular complexity index is 446. The molecule has 5 nitrogen and oxygen atoms in total. The summed E-state index contributed by atoms with van der Waals surface area (Å²) < 4.78 is 22.9. The Hall–Kier alpha value is -0.690. The molecule has 0 aliphatic heterocycles. The molecule has 0 amide bonds. The number of nitrogens with two attached hydrogens (primary N) is 1. The Labute approximate surface area is 90.8 Å². The summed E-state index contributed by atoms with van der Waals surface area (Å²) in [6.07, 6.45) is 2.58. The number of hydrogen-bond acceptors (Lipinski definition) is 5.